The summed E-state index contributed by atoms with van der Waals surface area (Å²) in [6, 6.07) is 16.6. The fourth-order valence-electron chi connectivity index (χ4n) is 2.10. The third-order valence-corrected chi connectivity index (χ3v) is 5.75. The van der Waals surface area contributed by atoms with Crippen LogP contribution in [0.1, 0.15) is 17.0 Å². The molecule has 0 N–H and O–H groups in total. The van der Waals surface area contributed by atoms with Crippen molar-refractivity contribution in [2.24, 2.45) is 5.10 Å². The van der Waals surface area contributed by atoms with Gasteiger partial charge in [-0.2, -0.15) is 9.78 Å². The van der Waals surface area contributed by atoms with Gasteiger partial charge in [0.15, 0.2) is 5.82 Å². The third-order valence-electron chi connectivity index (χ3n) is 3.49. The lowest BCUT2D eigenvalue weighted by Gasteiger charge is -2.03. The van der Waals surface area contributed by atoms with E-state index in [4.69, 9.17) is 0 Å². The summed E-state index contributed by atoms with van der Waals surface area (Å²) in [5.41, 5.74) is 2.28. The molecule has 3 aromatic rings. The van der Waals surface area contributed by atoms with E-state index >= 15 is 0 Å². The van der Waals surface area contributed by atoms with Gasteiger partial charge in [-0.1, -0.05) is 52.0 Å². The van der Waals surface area contributed by atoms with Gasteiger partial charge in [-0.3, -0.25) is 0 Å². The van der Waals surface area contributed by atoms with Crippen molar-refractivity contribution < 1.29 is 0 Å². The van der Waals surface area contributed by atoms with E-state index in [9.17, 15) is 0 Å². The van der Waals surface area contributed by atoms with E-state index in [-0.39, 0.29) is 0 Å². The van der Waals surface area contributed by atoms with E-state index in [0.717, 1.165) is 26.8 Å². The first-order valence-corrected chi connectivity index (χ1v) is 10.6. The predicted molar refractivity (Wildman–Crippen MR) is 110 cm³/mol. The van der Waals surface area contributed by atoms with Gasteiger partial charge < -0.3 is 0 Å². The normalized spacial score (nSPS) is 11.3. The summed E-state index contributed by atoms with van der Waals surface area (Å²) < 4.78 is 2.86. The van der Waals surface area contributed by atoms with Crippen molar-refractivity contribution in [2.75, 3.05) is 6.26 Å². The minimum atomic E-state index is 0.773. The molecule has 3 rings (SSSR count). The Balaban J connectivity index is 1.72. The zero-order chi connectivity index (χ0) is 17.6. The number of benzene rings is 2. The first-order valence-electron chi connectivity index (χ1n) is 7.63. The summed E-state index contributed by atoms with van der Waals surface area (Å²) in [6.45, 7) is 1.91. The van der Waals surface area contributed by atoms with Gasteiger partial charge in [0, 0.05) is 15.1 Å². The molecule has 0 amide bonds. The van der Waals surface area contributed by atoms with Crippen LogP contribution in [0.5, 0.6) is 0 Å². The van der Waals surface area contributed by atoms with Gasteiger partial charge >= 0.3 is 0 Å². The largest absolute Gasteiger partial charge is 0.212 e. The molecule has 0 saturated heterocycles. The summed E-state index contributed by atoms with van der Waals surface area (Å²) in [7, 11) is 0. The highest BCUT2D eigenvalue weighted by Crippen LogP contribution is 2.23. The van der Waals surface area contributed by atoms with E-state index in [1.165, 1.54) is 10.5 Å². The number of aryl methyl sites for hydroxylation is 1. The highest BCUT2D eigenvalue weighted by Gasteiger charge is 2.08. The van der Waals surface area contributed by atoms with E-state index in [0.29, 0.717) is 0 Å². The van der Waals surface area contributed by atoms with Gasteiger partial charge in [0.2, 0.25) is 5.16 Å². The molecule has 0 aliphatic heterocycles. The van der Waals surface area contributed by atoms with E-state index in [2.05, 4.69) is 73.9 Å². The Kier molecular flexibility index (Phi) is 6.34. The quantitative estimate of drug-likeness (QED) is 0.394. The smallest absolute Gasteiger partial charge is 0.192 e. The molecule has 4 nitrogen and oxygen atoms in total. The van der Waals surface area contributed by atoms with Crippen molar-refractivity contribution in [1.82, 2.24) is 14.9 Å². The Hall–Kier alpha value is -1.57. The summed E-state index contributed by atoms with van der Waals surface area (Å²) >= 11 is 6.81. The van der Waals surface area contributed by atoms with Crippen LogP contribution in [0.3, 0.4) is 0 Å². The highest BCUT2D eigenvalue weighted by molar-refractivity contribution is 9.10. The van der Waals surface area contributed by atoms with Crippen LogP contribution in [0.15, 0.2) is 68.2 Å². The number of hydrogen-bond donors (Lipinski definition) is 0. The van der Waals surface area contributed by atoms with Crippen LogP contribution < -0.4 is 0 Å². The molecule has 0 radical (unpaired) electrons. The Morgan fingerprint density at radius 1 is 1.08 bits per heavy atom. The standard InChI is InChI=1S/C18H17BrN4S2/c1-13-21-22-18(25-12-15-3-7-16(19)8-4-15)23(13)20-11-14-5-9-17(24-2)10-6-14/h3-11H,12H2,1-2H3/b20-11-. The third kappa shape index (κ3) is 4.96. The molecule has 0 spiro atoms. The molecule has 0 bridgehead atoms. The lowest BCUT2D eigenvalue weighted by atomic mass is 10.2. The summed E-state index contributed by atoms with van der Waals surface area (Å²) in [6.07, 6.45) is 3.91. The Morgan fingerprint density at radius 3 is 2.48 bits per heavy atom. The summed E-state index contributed by atoms with van der Waals surface area (Å²) in [5, 5.41) is 13.7. The lowest BCUT2D eigenvalue weighted by molar-refractivity contribution is 0.744. The van der Waals surface area contributed by atoms with Crippen molar-refractivity contribution in [3.05, 3.63) is 70.0 Å². The van der Waals surface area contributed by atoms with Gasteiger partial charge in [-0.15, -0.1) is 22.0 Å². The molecule has 0 atom stereocenters. The number of nitrogens with zero attached hydrogens (tertiary/aromatic N) is 4. The summed E-state index contributed by atoms with van der Waals surface area (Å²) in [5.74, 6) is 1.60. The van der Waals surface area contributed by atoms with Gasteiger partial charge in [-0.25, -0.2) is 0 Å². The number of halogens is 1. The van der Waals surface area contributed by atoms with Crippen molar-refractivity contribution in [3.8, 4) is 0 Å². The van der Waals surface area contributed by atoms with Crippen LogP contribution in [-0.2, 0) is 5.75 Å². The van der Waals surface area contributed by atoms with Gasteiger partial charge in [0.25, 0.3) is 0 Å². The maximum atomic E-state index is 4.55. The van der Waals surface area contributed by atoms with Crippen LogP contribution in [0.25, 0.3) is 0 Å². The van der Waals surface area contributed by atoms with Crippen LogP contribution in [0.2, 0.25) is 0 Å². The molecule has 7 heteroatoms. The molecule has 1 aromatic heterocycles. The molecule has 25 heavy (non-hydrogen) atoms. The molecule has 0 aliphatic rings. The maximum Gasteiger partial charge on any atom is 0.212 e. The summed E-state index contributed by atoms with van der Waals surface area (Å²) in [4.78, 5) is 1.24. The topological polar surface area (TPSA) is 43.1 Å². The van der Waals surface area contributed by atoms with Gasteiger partial charge in [0.05, 0.1) is 6.21 Å². The van der Waals surface area contributed by atoms with Crippen molar-refractivity contribution >= 4 is 45.7 Å². The van der Waals surface area contributed by atoms with Crippen molar-refractivity contribution in [3.63, 3.8) is 0 Å². The van der Waals surface area contributed by atoms with E-state index < -0.39 is 0 Å². The fourth-order valence-corrected chi connectivity index (χ4v) is 3.67. The molecule has 2 aromatic carbocycles. The maximum absolute atomic E-state index is 4.55. The van der Waals surface area contributed by atoms with Crippen LogP contribution >= 0.6 is 39.5 Å². The zero-order valence-electron chi connectivity index (χ0n) is 13.9. The minimum Gasteiger partial charge on any atom is -0.192 e. The van der Waals surface area contributed by atoms with Crippen LogP contribution in [0, 0.1) is 6.92 Å². The molecular formula is C18H17BrN4S2. The van der Waals surface area contributed by atoms with E-state index in [1.807, 2.05) is 25.3 Å². The molecule has 0 aliphatic carbocycles. The SMILES string of the molecule is CSc1ccc(/C=N\n2c(C)nnc2SCc2ccc(Br)cc2)cc1. The monoisotopic (exact) mass is 432 g/mol. The van der Waals surface area contributed by atoms with Gasteiger partial charge in [-0.05, 0) is 48.6 Å². The Morgan fingerprint density at radius 2 is 1.80 bits per heavy atom. The Labute approximate surface area is 164 Å². The molecule has 1 heterocycles. The first-order chi connectivity index (χ1) is 12.2. The second-order valence-electron chi connectivity index (χ2n) is 5.27. The van der Waals surface area contributed by atoms with Crippen LogP contribution in [0.4, 0.5) is 0 Å². The van der Waals surface area contributed by atoms with Crippen molar-refractivity contribution in [2.45, 2.75) is 22.7 Å². The molecule has 0 fully saturated rings. The molecule has 128 valence electrons. The molecule has 0 saturated carbocycles. The van der Waals surface area contributed by atoms with Gasteiger partial charge in [0.1, 0.15) is 0 Å². The van der Waals surface area contributed by atoms with Crippen molar-refractivity contribution in [1.29, 1.82) is 0 Å². The number of rotatable bonds is 6. The van der Waals surface area contributed by atoms with Crippen LogP contribution in [-0.4, -0.2) is 27.3 Å². The minimum absolute atomic E-state index is 0.773. The predicted octanol–water partition coefficient (Wildman–Crippen LogP) is 5.25. The molecule has 0 unspecified atom stereocenters. The second kappa shape index (κ2) is 8.69. The lowest BCUT2D eigenvalue weighted by Crippen LogP contribution is -1.96. The fraction of sp³-hybridized carbons (Fsp3) is 0.167. The zero-order valence-corrected chi connectivity index (χ0v) is 17.1. The molecular weight excluding hydrogens is 416 g/mol. The number of thioether (sulfide) groups is 2. The Bertz CT molecular complexity index is 858. The highest BCUT2D eigenvalue weighted by atomic mass is 79.9. The second-order valence-corrected chi connectivity index (χ2v) is 8.01. The number of hydrogen-bond acceptors (Lipinski definition) is 5. The average Bonchev–Trinajstić information content (AvgIpc) is 2.99. The average molecular weight is 433 g/mol. The number of aromatic nitrogens is 3. The van der Waals surface area contributed by atoms with E-state index in [1.54, 1.807) is 28.2 Å². The first kappa shape index (κ1) is 18.2.